The molecule has 2 rings (SSSR count). The fraction of sp³-hybridized carbons (Fsp3) is 0.143. The number of anilines is 1. The fourth-order valence-corrected chi connectivity index (χ4v) is 1.86. The molecule has 0 spiro atoms. The van der Waals surface area contributed by atoms with Crippen LogP contribution in [0.15, 0.2) is 26.7 Å². The Morgan fingerprint density at radius 2 is 2.46 bits per heavy atom. The van der Waals surface area contributed by atoms with Gasteiger partial charge in [-0.1, -0.05) is 11.3 Å². The zero-order chi connectivity index (χ0) is 9.10. The van der Waals surface area contributed by atoms with Crippen molar-refractivity contribution in [3.8, 4) is 0 Å². The van der Waals surface area contributed by atoms with Crippen LogP contribution in [0.1, 0.15) is 5.76 Å². The maximum absolute atomic E-state index is 5.14. The molecule has 0 bridgehead atoms. The second kappa shape index (κ2) is 3.89. The summed E-state index contributed by atoms with van der Waals surface area (Å²) in [5, 5.41) is 11.6. The average Bonchev–Trinajstić information content (AvgIpc) is 2.71. The molecule has 0 saturated heterocycles. The standard InChI is InChI=1S/C7H6BrN3OS/c8-6-10-11-7(13-6)9-4-5-2-1-3-12-5/h1-3H,4H2,(H,9,11). The van der Waals surface area contributed by atoms with Gasteiger partial charge in [-0.2, -0.15) is 0 Å². The van der Waals surface area contributed by atoms with Crippen molar-refractivity contribution in [2.45, 2.75) is 6.54 Å². The Morgan fingerprint density at radius 1 is 1.54 bits per heavy atom. The summed E-state index contributed by atoms with van der Waals surface area (Å²) in [5.74, 6) is 0.881. The molecule has 0 aliphatic rings. The third-order valence-corrected chi connectivity index (χ3v) is 2.71. The van der Waals surface area contributed by atoms with Crippen LogP contribution in [0.2, 0.25) is 0 Å². The molecule has 0 unspecified atom stereocenters. The van der Waals surface area contributed by atoms with Gasteiger partial charge in [0.05, 0.1) is 12.8 Å². The summed E-state index contributed by atoms with van der Waals surface area (Å²) >= 11 is 4.68. The minimum Gasteiger partial charge on any atom is -0.467 e. The van der Waals surface area contributed by atoms with Gasteiger partial charge in [-0.15, -0.1) is 10.2 Å². The molecule has 0 radical (unpaired) electrons. The zero-order valence-electron chi connectivity index (χ0n) is 6.53. The van der Waals surface area contributed by atoms with Crippen molar-refractivity contribution in [1.29, 1.82) is 0 Å². The molecule has 13 heavy (non-hydrogen) atoms. The van der Waals surface area contributed by atoms with E-state index in [1.165, 1.54) is 11.3 Å². The molecule has 0 saturated carbocycles. The summed E-state index contributed by atoms with van der Waals surface area (Å²) in [4.78, 5) is 0. The minimum absolute atomic E-state index is 0.634. The largest absolute Gasteiger partial charge is 0.467 e. The average molecular weight is 260 g/mol. The SMILES string of the molecule is Brc1nnc(NCc2ccco2)s1. The molecular formula is C7H6BrN3OS. The van der Waals surface area contributed by atoms with Crippen LogP contribution in [0.3, 0.4) is 0 Å². The summed E-state index contributed by atoms with van der Waals surface area (Å²) in [5.41, 5.74) is 0. The molecule has 2 heterocycles. The highest BCUT2D eigenvalue weighted by atomic mass is 79.9. The van der Waals surface area contributed by atoms with Crippen molar-refractivity contribution in [2.24, 2.45) is 0 Å². The van der Waals surface area contributed by atoms with Crippen LogP contribution in [-0.2, 0) is 6.54 Å². The molecule has 1 N–H and O–H groups in total. The first-order valence-electron chi connectivity index (χ1n) is 3.60. The van der Waals surface area contributed by atoms with Crippen LogP contribution in [-0.4, -0.2) is 10.2 Å². The number of nitrogens with one attached hydrogen (secondary N) is 1. The maximum Gasteiger partial charge on any atom is 0.206 e. The van der Waals surface area contributed by atoms with Crippen molar-refractivity contribution in [3.05, 3.63) is 28.1 Å². The third kappa shape index (κ3) is 2.28. The van der Waals surface area contributed by atoms with E-state index in [1.54, 1.807) is 6.26 Å². The van der Waals surface area contributed by atoms with Crippen molar-refractivity contribution in [3.63, 3.8) is 0 Å². The van der Waals surface area contributed by atoms with E-state index in [1.807, 2.05) is 12.1 Å². The van der Waals surface area contributed by atoms with E-state index in [0.29, 0.717) is 6.54 Å². The van der Waals surface area contributed by atoms with E-state index in [-0.39, 0.29) is 0 Å². The number of hydrogen-bond donors (Lipinski definition) is 1. The third-order valence-electron chi connectivity index (χ3n) is 1.39. The molecule has 0 fully saturated rings. The Bertz CT molecular complexity index is 373. The highest BCUT2D eigenvalue weighted by molar-refractivity contribution is 9.11. The first kappa shape index (κ1) is 8.71. The number of nitrogens with zero attached hydrogens (tertiary/aromatic N) is 2. The lowest BCUT2D eigenvalue weighted by atomic mass is 10.4. The lowest BCUT2D eigenvalue weighted by Gasteiger charge is -1.96. The van der Waals surface area contributed by atoms with E-state index < -0.39 is 0 Å². The van der Waals surface area contributed by atoms with Gasteiger partial charge in [0.15, 0.2) is 3.92 Å². The highest BCUT2D eigenvalue weighted by Gasteiger charge is 2.01. The Hall–Kier alpha value is -0.880. The van der Waals surface area contributed by atoms with Crippen LogP contribution < -0.4 is 5.32 Å². The van der Waals surface area contributed by atoms with Crippen molar-refractivity contribution in [1.82, 2.24) is 10.2 Å². The van der Waals surface area contributed by atoms with E-state index in [2.05, 4.69) is 31.4 Å². The van der Waals surface area contributed by atoms with E-state index in [4.69, 9.17) is 4.42 Å². The van der Waals surface area contributed by atoms with Gasteiger partial charge in [0, 0.05) is 0 Å². The minimum atomic E-state index is 0.634. The number of rotatable bonds is 3. The van der Waals surface area contributed by atoms with Crippen molar-refractivity contribution >= 4 is 32.4 Å². The van der Waals surface area contributed by atoms with Crippen LogP contribution in [0.5, 0.6) is 0 Å². The second-order valence-electron chi connectivity index (χ2n) is 2.29. The van der Waals surface area contributed by atoms with Gasteiger partial charge in [0.1, 0.15) is 5.76 Å². The van der Waals surface area contributed by atoms with E-state index in [0.717, 1.165) is 14.8 Å². The van der Waals surface area contributed by atoms with Crippen molar-refractivity contribution in [2.75, 3.05) is 5.32 Å². The smallest absolute Gasteiger partial charge is 0.206 e. The van der Waals surface area contributed by atoms with Gasteiger partial charge < -0.3 is 9.73 Å². The predicted molar refractivity (Wildman–Crippen MR) is 53.6 cm³/mol. The zero-order valence-corrected chi connectivity index (χ0v) is 8.93. The molecule has 68 valence electrons. The summed E-state index contributed by atoms with van der Waals surface area (Å²) in [6, 6.07) is 3.76. The molecule has 6 heteroatoms. The van der Waals surface area contributed by atoms with Gasteiger partial charge in [-0.05, 0) is 28.1 Å². The van der Waals surface area contributed by atoms with Crippen LogP contribution in [0.25, 0.3) is 0 Å². The second-order valence-corrected chi connectivity index (χ2v) is 4.55. The molecular weight excluding hydrogens is 254 g/mol. The number of halogens is 1. The lowest BCUT2D eigenvalue weighted by Crippen LogP contribution is -1.96. The molecule has 0 aromatic carbocycles. The van der Waals surface area contributed by atoms with Crippen LogP contribution in [0.4, 0.5) is 5.13 Å². The Kier molecular flexibility index (Phi) is 2.60. The summed E-state index contributed by atoms with van der Waals surface area (Å²) < 4.78 is 5.92. The van der Waals surface area contributed by atoms with Gasteiger partial charge in [0.2, 0.25) is 5.13 Å². The van der Waals surface area contributed by atoms with Gasteiger partial charge >= 0.3 is 0 Å². The number of furan rings is 1. The lowest BCUT2D eigenvalue weighted by molar-refractivity contribution is 0.518. The molecule has 0 atom stereocenters. The Balaban J connectivity index is 1.93. The normalized spacial score (nSPS) is 10.2. The number of hydrogen-bond acceptors (Lipinski definition) is 5. The number of aromatic nitrogens is 2. The first-order chi connectivity index (χ1) is 6.34. The van der Waals surface area contributed by atoms with Gasteiger partial charge in [-0.3, -0.25) is 0 Å². The van der Waals surface area contributed by atoms with Gasteiger partial charge in [-0.25, -0.2) is 0 Å². The van der Waals surface area contributed by atoms with Crippen molar-refractivity contribution < 1.29 is 4.42 Å². The van der Waals surface area contributed by atoms with Gasteiger partial charge in [0.25, 0.3) is 0 Å². The van der Waals surface area contributed by atoms with Crippen LogP contribution >= 0.6 is 27.3 Å². The molecule has 4 nitrogen and oxygen atoms in total. The maximum atomic E-state index is 5.14. The monoisotopic (exact) mass is 259 g/mol. The quantitative estimate of drug-likeness (QED) is 0.921. The van der Waals surface area contributed by atoms with E-state index in [9.17, 15) is 0 Å². The van der Waals surface area contributed by atoms with E-state index >= 15 is 0 Å². The topological polar surface area (TPSA) is 51.0 Å². The van der Waals surface area contributed by atoms with Crippen LogP contribution in [0, 0.1) is 0 Å². The molecule has 2 aromatic heterocycles. The molecule has 0 amide bonds. The Morgan fingerprint density at radius 3 is 3.08 bits per heavy atom. The summed E-state index contributed by atoms with van der Waals surface area (Å²) in [6.07, 6.45) is 1.65. The summed E-state index contributed by atoms with van der Waals surface area (Å²) in [7, 11) is 0. The highest BCUT2D eigenvalue weighted by Crippen LogP contribution is 2.20. The molecule has 0 aliphatic carbocycles. The predicted octanol–water partition coefficient (Wildman–Crippen LogP) is 2.51. The molecule has 2 aromatic rings. The molecule has 0 aliphatic heterocycles. The Labute approximate surface area is 87.1 Å². The first-order valence-corrected chi connectivity index (χ1v) is 5.21. The summed E-state index contributed by atoms with van der Waals surface area (Å²) in [6.45, 7) is 0.634. The fourth-order valence-electron chi connectivity index (χ4n) is 0.853.